The van der Waals surface area contributed by atoms with E-state index in [0.29, 0.717) is 10.8 Å². The van der Waals surface area contributed by atoms with Crippen LogP contribution in [0.5, 0.6) is 11.5 Å². The lowest BCUT2D eigenvalue weighted by Crippen LogP contribution is -1.92. The highest BCUT2D eigenvalue weighted by molar-refractivity contribution is 7.14. The number of anilines is 1. The molecule has 0 unspecified atom stereocenters. The highest BCUT2D eigenvalue weighted by Crippen LogP contribution is 2.36. The maximum atomic E-state index is 5.84. The van der Waals surface area contributed by atoms with Crippen molar-refractivity contribution >= 4 is 16.3 Å². The summed E-state index contributed by atoms with van der Waals surface area (Å²) in [5.74, 6) is 1.45. The van der Waals surface area contributed by atoms with Gasteiger partial charge in [-0.15, -0.1) is 11.3 Å². The molecule has 1 heterocycles. The van der Waals surface area contributed by atoms with E-state index in [4.69, 9.17) is 15.2 Å². The van der Waals surface area contributed by atoms with Gasteiger partial charge in [0.05, 0.1) is 19.7 Å². The fraction of sp³-hybridized carbons (Fsp3) is 0.182. The summed E-state index contributed by atoms with van der Waals surface area (Å²) in [6.07, 6.45) is 0. The number of nitrogens with zero attached hydrogens (tertiary/aromatic N) is 1. The Hall–Kier alpha value is -1.75. The van der Waals surface area contributed by atoms with Crippen molar-refractivity contribution in [3.63, 3.8) is 0 Å². The number of ether oxygens (including phenoxy) is 2. The number of thiazole rings is 1. The van der Waals surface area contributed by atoms with Gasteiger partial charge in [-0.1, -0.05) is 0 Å². The molecule has 0 spiro atoms. The molecular formula is C11H12N2O2S. The summed E-state index contributed by atoms with van der Waals surface area (Å²) in [7, 11) is 3.23. The maximum absolute atomic E-state index is 5.84. The highest BCUT2D eigenvalue weighted by atomic mass is 32.1. The molecule has 0 radical (unpaired) electrons. The fourth-order valence-electron chi connectivity index (χ4n) is 1.45. The topological polar surface area (TPSA) is 57.4 Å². The van der Waals surface area contributed by atoms with Crippen molar-refractivity contribution in [3.8, 4) is 22.8 Å². The minimum atomic E-state index is 0.684. The van der Waals surface area contributed by atoms with E-state index in [1.165, 1.54) is 11.3 Å². The van der Waals surface area contributed by atoms with Gasteiger partial charge in [0.25, 0.3) is 0 Å². The molecule has 0 saturated carbocycles. The van der Waals surface area contributed by atoms with Crippen LogP contribution in [0, 0.1) is 0 Å². The highest BCUT2D eigenvalue weighted by Gasteiger charge is 2.12. The van der Waals surface area contributed by atoms with Crippen LogP contribution in [0.15, 0.2) is 23.7 Å². The summed E-state index contributed by atoms with van der Waals surface area (Å²) in [5.41, 5.74) is 9.18. The van der Waals surface area contributed by atoms with Crippen molar-refractivity contribution in [2.45, 2.75) is 0 Å². The Morgan fingerprint density at radius 1 is 1.25 bits per heavy atom. The second kappa shape index (κ2) is 4.40. The molecule has 0 aliphatic carbocycles. The molecule has 4 nitrogen and oxygen atoms in total. The maximum Gasteiger partial charge on any atom is 0.132 e. The molecule has 1 aromatic carbocycles. The average molecular weight is 236 g/mol. The van der Waals surface area contributed by atoms with E-state index in [9.17, 15) is 0 Å². The Labute approximate surface area is 97.6 Å². The summed E-state index contributed by atoms with van der Waals surface area (Å²) in [5, 5.41) is 0.684. The van der Waals surface area contributed by atoms with E-state index < -0.39 is 0 Å². The van der Waals surface area contributed by atoms with Crippen LogP contribution in [-0.2, 0) is 0 Å². The Balaban J connectivity index is 2.53. The normalized spacial score (nSPS) is 10.1. The van der Waals surface area contributed by atoms with Gasteiger partial charge in [0, 0.05) is 11.6 Å². The summed E-state index contributed by atoms with van der Waals surface area (Å²) in [6.45, 7) is 0. The smallest absolute Gasteiger partial charge is 0.132 e. The van der Waals surface area contributed by atoms with Gasteiger partial charge in [0.15, 0.2) is 0 Å². The molecule has 5 heteroatoms. The first-order chi connectivity index (χ1) is 7.76. The molecule has 0 aliphatic rings. The van der Waals surface area contributed by atoms with Gasteiger partial charge in [-0.3, -0.25) is 0 Å². The lowest BCUT2D eigenvalue weighted by Gasteiger charge is -2.09. The molecule has 0 atom stereocenters. The van der Waals surface area contributed by atoms with Gasteiger partial charge in [0.1, 0.15) is 22.2 Å². The lowest BCUT2D eigenvalue weighted by atomic mass is 10.1. The van der Waals surface area contributed by atoms with Gasteiger partial charge < -0.3 is 15.2 Å². The molecule has 2 aromatic rings. The zero-order valence-corrected chi connectivity index (χ0v) is 9.88. The van der Waals surface area contributed by atoms with Crippen LogP contribution >= 0.6 is 11.3 Å². The molecule has 0 saturated heterocycles. The van der Waals surface area contributed by atoms with Crippen molar-refractivity contribution < 1.29 is 9.47 Å². The SMILES string of the molecule is COc1ccc(-c2ncsc2N)c(OC)c1. The third-order valence-corrected chi connectivity index (χ3v) is 2.92. The number of aromatic nitrogens is 1. The molecule has 0 amide bonds. The van der Waals surface area contributed by atoms with Crippen molar-refractivity contribution in [1.29, 1.82) is 0 Å². The number of hydrogen-bond acceptors (Lipinski definition) is 5. The number of nitrogen functional groups attached to an aromatic ring is 1. The zero-order valence-electron chi connectivity index (χ0n) is 9.06. The molecule has 0 fully saturated rings. The minimum Gasteiger partial charge on any atom is -0.497 e. The largest absolute Gasteiger partial charge is 0.497 e. The third-order valence-electron chi connectivity index (χ3n) is 2.26. The Morgan fingerprint density at radius 3 is 2.62 bits per heavy atom. The van der Waals surface area contributed by atoms with Crippen LogP contribution in [0.4, 0.5) is 5.00 Å². The van der Waals surface area contributed by atoms with E-state index in [1.54, 1.807) is 19.7 Å². The van der Waals surface area contributed by atoms with E-state index in [1.807, 2.05) is 18.2 Å². The van der Waals surface area contributed by atoms with Gasteiger partial charge in [-0.05, 0) is 12.1 Å². The predicted molar refractivity (Wildman–Crippen MR) is 65.1 cm³/mol. The molecule has 2 rings (SSSR count). The van der Waals surface area contributed by atoms with Crippen LogP contribution in [0.1, 0.15) is 0 Å². The fourth-order valence-corrected chi connectivity index (χ4v) is 2.00. The molecule has 16 heavy (non-hydrogen) atoms. The van der Waals surface area contributed by atoms with Crippen LogP contribution < -0.4 is 15.2 Å². The third kappa shape index (κ3) is 1.81. The summed E-state index contributed by atoms with van der Waals surface area (Å²) in [6, 6.07) is 5.56. The summed E-state index contributed by atoms with van der Waals surface area (Å²) in [4.78, 5) is 4.22. The first-order valence-electron chi connectivity index (χ1n) is 4.67. The van der Waals surface area contributed by atoms with E-state index in [0.717, 1.165) is 17.0 Å². The van der Waals surface area contributed by atoms with E-state index in [-0.39, 0.29) is 0 Å². The lowest BCUT2D eigenvalue weighted by molar-refractivity contribution is 0.395. The van der Waals surface area contributed by atoms with Crippen LogP contribution in [0.3, 0.4) is 0 Å². The van der Waals surface area contributed by atoms with Gasteiger partial charge >= 0.3 is 0 Å². The van der Waals surface area contributed by atoms with Gasteiger partial charge in [-0.25, -0.2) is 4.98 Å². The second-order valence-electron chi connectivity index (χ2n) is 3.13. The zero-order chi connectivity index (χ0) is 11.5. The first-order valence-corrected chi connectivity index (χ1v) is 5.55. The number of benzene rings is 1. The van der Waals surface area contributed by atoms with Gasteiger partial charge in [0.2, 0.25) is 0 Å². The summed E-state index contributed by atoms with van der Waals surface area (Å²) >= 11 is 1.41. The summed E-state index contributed by atoms with van der Waals surface area (Å²) < 4.78 is 10.4. The Bertz CT molecular complexity index is 496. The number of nitrogens with two attached hydrogens (primary N) is 1. The standard InChI is InChI=1S/C11H12N2O2S/c1-14-7-3-4-8(9(5-7)15-2)10-11(12)16-6-13-10/h3-6H,12H2,1-2H3. The molecule has 2 N–H and O–H groups in total. The molecule has 84 valence electrons. The van der Waals surface area contributed by atoms with E-state index >= 15 is 0 Å². The van der Waals surface area contributed by atoms with Crippen LogP contribution in [0.2, 0.25) is 0 Å². The molecule has 0 bridgehead atoms. The monoisotopic (exact) mass is 236 g/mol. The van der Waals surface area contributed by atoms with Crippen molar-refractivity contribution in [3.05, 3.63) is 23.7 Å². The van der Waals surface area contributed by atoms with Gasteiger partial charge in [-0.2, -0.15) is 0 Å². The van der Waals surface area contributed by atoms with Crippen LogP contribution in [-0.4, -0.2) is 19.2 Å². The minimum absolute atomic E-state index is 0.684. The number of methoxy groups -OCH3 is 2. The van der Waals surface area contributed by atoms with Crippen molar-refractivity contribution in [2.75, 3.05) is 20.0 Å². The van der Waals surface area contributed by atoms with Crippen molar-refractivity contribution in [1.82, 2.24) is 4.98 Å². The van der Waals surface area contributed by atoms with Crippen molar-refractivity contribution in [2.24, 2.45) is 0 Å². The molecular weight excluding hydrogens is 224 g/mol. The van der Waals surface area contributed by atoms with E-state index in [2.05, 4.69) is 4.98 Å². The quantitative estimate of drug-likeness (QED) is 0.889. The first kappa shape index (κ1) is 10.8. The Morgan fingerprint density at radius 2 is 2.06 bits per heavy atom. The average Bonchev–Trinajstić information content (AvgIpc) is 2.74. The Kier molecular flexibility index (Phi) is 2.96. The van der Waals surface area contributed by atoms with Crippen LogP contribution in [0.25, 0.3) is 11.3 Å². The molecule has 0 aliphatic heterocycles. The number of rotatable bonds is 3. The second-order valence-corrected chi connectivity index (χ2v) is 4.02. The molecule has 1 aromatic heterocycles. The predicted octanol–water partition coefficient (Wildman–Crippen LogP) is 2.41. The number of hydrogen-bond donors (Lipinski definition) is 1.